The van der Waals surface area contributed by atoms with Crippen LogP contribution in [0.1, 0.15) is 70.3 Å². The summed E-state index contributed by atoms with van der Waals surface area (Å²) >= 11 is 0. The predicted octanol–water partition coefficient (Wildman–Crippen LogP) is 6.90. The molecule has 26 heavy (non-hydrogen) atoms. The molecule has 146 valence electrons. The summed E-state index contributed by atoms with van der Waals surface area (Å²) < 4.78 is 10.7. The lowest BCUT2D eigenvalue weighted by atomic mass is 10.0. The second-order valence-corrected chi connectivity index (χ2v) is 6.76. The Kier molecular flexibility index (Phi) is 14.6. The fourth-order valence-electron chi connectivity index (χ4n) is 2.83. The second-order valence-electron chi connectivity index (χ2n) is 6.76. The van der Waals surface area contributed by atoms with Crippen molar-refractivity contribution in [1.29, 1.82) is 0 Å². The molecule has 0 amide bonds. The highest BCUT2D eigenvalue weighted by Crippen LogP contribution is 2.16. The van der Waals surface area contributed by atoms with Crippen LogP contribution in [-0.2, 0) is 11.2 Å². The minimum absolute atomic E-state index is 0.615. The topological polar surface area (TPSA) is 18.5 Å². The monoisotopic (exact) mass is 358 g/mol. The van der Waals surface area contributed by atoms with Crippen LogP contribution < -0.4 is 4.74 Å². The average molecular weight is 359 g/mol. The number of hydrogen-bond acceptors (Lipinski definition) is 2. The number of allylic oxidation sites excluding steroid dienone is 4. The van der Waals surface area contributed by atoms with Gasteiger partial charge >= 0.3 is 0 Å². The molecule has 0 fully saturated rings. The van der Waals surface area contributed by atoms with E-state index in [1.807, 2.05) is 6.07 Å². The maximum atomic E-state index is 5.67. The molecular weight excluding hydrogens is 320 g/mol. The lowest BCUT2D eigenvalue weighted by molar-refractivity contribution is 0.146. The molecule has 0 bridgehead atoms. The van der Waals surface area contributed by atoms with Crippen LogP contribution in [0.3, 0.4) is 0 Å². The summed E-state index contributed by atoms with van der Waals surface area (Å²) in [6.45, 7) is 3.47. The minimum atomic E-state index is 0.615. The van der Waals surface area contributed by atoms with Crippen LogP contribution in [0.25, 0.3) is 0 Å². The lowest BCUT2D eigenvalue weighted by Gasteiger charge is -2.07. The van der Waals surface area contributed by atoms with Crippen molar-refractivity contribution < 1.29 is 9.47 Å². The van der Waals surface area contributed by atoms with Crippen LogP contribution in [0, 0.1) is 0 Å². The summed E-state index contributed by atoms with van der Waals surface area (Å²) in [7, 11) is 1.70. The van der Waals surface area contributed by atoms with Crippen molar-refractivity contribution in [3.05, 3.63) is 54.1 Å². The highest BCUT2D eigenvalue weighted by Gasteiger charge is 1.98. The maximum absolute atomic E-state index is 5.67. The normalized spacial score (nSPS) is 11.6. The molecule has 1 aromatic carbocycles. The first-order valence-electron chi connectivity index (χ1n) is 10.4. The Morgan fingerprint density at radius 3 is 2.42 bits per heavy atom. The molecule has 0 aliphatic heterocycles. The van der Waals surface area contributed by atoms with Crippen LogP contribution in [0.4, 0.5) is 0 Å². The molecule has 0 N–H and O–H groups in total. The molecule has 1 rings (SSSR count). The van der Waals surface area contributed by atoms with Crippen molar-refractivity contribution in [2.75, 3.05) is 20.3 Å². The van der Waals surface area contributed by atoms with Gasteiger partial charge in [0.05, 0.1) is 6.61 Å². The Morgan fingerprint density at radius 2 is 1.62 bits per heavy atom. The average Bonchev–Trinajstić information content (AvgIpc) is 2.66. The zero-order valence-electron chi connectivity index (χ0n) is 16.9. The number of unbranched alkanes of at least 4 members (excludes halogenated alkanes) is 6. The third-order valence-electron chi connectivity index (χ3n) is 4.35. The van der Waals surface area contributed by atoms with E-state index in [4.69, 9.17) is 9.47 Å². The maximum Gasteiger partial charge on any atom is 0.119 e. The summed E-state index contributed by atoms with van der Waals surface area (Å²) in [5.74, 6) is 0.955. The van der Waals surface area contributed by atoms with Gasteiger partial charge < -0.3 is 9.47 Å². The predicted molar refractivity (Wildman–Crippen MR) is 113 cm³/mol. The van der Waals surface area contributed by atoms with Gasteiger partial charge in [0.1, 0.15) is 12.4 Å². The quantitative estimate of drug-likeness (QED) is 0.236. The number of aryl methyl sites for hydroxylation is 1. The van der Waals surface area contributed by atoms with Gasteiger partial charge in [-0.25, -0.2) is 0 Å². The molecule has 0 aliphatic carbocycles. The number of rotatable bonds is 16. The van der Waals surface area contributed by atoms with E-state index in [-0.39, 0.29) is 0 Å². The molecule has 2 nitrogen and oxygen atoms in total. The molecule has 0 spiro atoms. The smallest absolute Gasteiger partial charge is 0.119 e. The zero-order valence-corrected chi connectivity index (χ0v) is 16.9. The molecule has 0 heterocycles. The number of hydrogen-bond donors (Lipinski definition) is 0. The van der Waals surface area contributed by atoms with Crippen LogP contribution in [0.15, 0.2) is 48.6 Å². The summed E-state index contributed by atoms with van der Waals surface area (Å²) in [5, 5.41) is 0. The molecule has 0 atom stereocenters. The molecule has 0 saturated heterocycles. The third-order valence-corrected chi connectivity index (χ3v) is 4.35. The third kappa shape index (κ3) is 12.8. The van der Waals surface area contributed by atoms with Crippen molar-refractivity contribution in [1.82, 2.24) is 0 Å². The number of methoxy groups -OCH3 is 1. The van der Waals surface area contributed by atoms with Gasteiger partial charge in [0.15, 0.2) is 0 Å². The molecule has 0 aromatic heterocycles. The number of benzene rings is 1. The summed E-state index contributed by atoms with van der Waals surface area (Å²) in [6.07, 6.45) is 21.7. The summed E-state index contributed by atoms with van der Waals surface area (Å²) in [6, 6.07) is 8.46. The first-order valence-corrected chi connectivity index (χ1v) is 10.4. The first kappa shape index (κ1) is 22.5. The van der Waals surface area contributed by atoms with Gasteiger partial charge in [-0.05, 0) is 56.2 Å². The van der Waals surface area contributed by atoms with Crippen LogP contribution in [0.2, 0.25) is 0 Å². The van der Waals surface area contributed by atoms with E-state index in [9.17, 15) is 0 Å². The van der Waals surface area contributed by atoms with E-state index in [2.05, 4.69) is 49.4 Å². The Balaban J connectivity index is 2.00. The molecular formula is C24H38O2. The van der Waals surface area contributed by atoms with E-state index in [1.165, 1.54) is 56.9 Å². The standard InChI is InChI=1S/C24H38O2/c1-3-4-5-6-7-8-9-10-11-12-13-14-15-17-23-18-16-19-24(22-23)26-21-20-25-2/h5-6,8-9,16,18-19,22H,3-4,7,10-15,17,20-21H2,1-2H3/b6-5+,9-8+. The first-order chi connectivity index (χ1) is 12.9. The van der Waals surface area contributed by atoms with Gasteiger partial charge in [0, 0.05) is 7.11 Å². The Hall–Kier alpha value is -1.54. The minimum Gasteiger partial charge on any atom is -0.491 e. The van der Waals surface area contributed by atoms with Crippen LogP contribution in [-0.4, -0.2) is 20.3 Å². The van der Waals surface area contributed by atoms with Crippen molar-refractivity contribution in [2.45, 2.75) is 71.1 Å². The van der Waals surface area contributed by atoms with Gasteiger partial charge in [-0.15, -0.1) is 0 Å². The molecule has 1 aromatic rings. The molecule has 0 radical (unpaired) electrons. The Bertz CT molecular complexity index is 491. The highest BCUT2D eigenvalue weighted by atomic mass is 16.5. The second kappa shape index (κ2) is 16.9. The SMILES string of the molecule is CCC/C=C/C/C=C/CCCCCCCc1cccc(OCCOC)c1. The molecule has 0 saturated carbocycles. The van der Waals surface area contributed by atoms with Crippen molar-refractivity contribution in [3.8, 4) is 5.75 Å². The van der Waals surface area contributed by atoms with Gasteiger partial charge in [-0.1, -0.05) is 69.0 Å². The van der Waals surface area contributed by atoms with Crippen molar-refractivity contribution in [3.63, 3.8) is 0 Å². The Morgan fingerprint density at radius 1 is 0.846 bits per heavy atom. The highest BCUT2D eigenvalue weighted by molar-refractivity contribution is 5.28. The molecule has 0 unspecified atom stereocenters. The van der Waals surface area contributed by atoms with Gasteiger partial charge in [0.2, 0.25) is 0 Å². The van der Waals surface area contributed by atoms with Gasteiger partial charge in [0.25, 0.3) is 0 Å². The van der Waals surface area contributed by atoms with Gasteiger partial charge in [-0.3, -0.25) is 0 Å². The Labute approximate surface area is 161 Å². The van der Waals surface area contributed by atoms with Crippen LogP contribution >= 0.6 is 0 Å². The van der Waals surface area contributed by atoms with Crippen LogP contribution in [0.5, 0.6) is 5.75 Å². The largest absolute Gasteiger partial charge is 0.491 e. The number of ether oxygens (including phenoxy) is 2. The van der Waals surface area contributed by atoms with E-state index in [0.29, 0.717) is 13.2 Å². The molecule has 0 aliphatic rings. The van der Waals surface area contributed by atoms with E-state index in [0.717, 1.165) is 18.6 Å². The molecule has 2 heteroatoms. The fourth-order valence-corrected chi connectivity index (χ4v) is 2.83. The fraction of sp³-hybridized carbons (Fsp3) is 0.583. The van der Waals surface area contributed by atoms with Crippen molar-refractivity contribution in [2.24, 2.45) is 0 Å². The van der Waals surface area contributed by atoms with E-state index in [1.54, 1.807) is 7.11 Å². The van der Waals surface area contributed by atoms with E-state index >= 15 is 0 Å². The lowest BCUT2D eigenvalue weighted by Crippen LogP contribution is -2.04. The summed E-state index contributed by atoms with van der Waals surface area (Å²) in [5.41, 5.74) is 1.37. The zero-order chi connectivity index (χ0) is 18.7. The van der Waals surface area contributed by atoms with Gasteiger partial charge in [-0.2, -0.15) is 0 Å². The van der Waals surface area contributed by atoms with Crippen molar-refractivity contribution >= 4 is 0 Å². The van der Waals surface area contributed by atoms with E-state index < -0.39 is 0 Å². The summed E-state index contributed by atoms with van der Waals surface area (Å²) in [4.78, 5) is 0.